The van der Waals surface area contributed by atoms with Crippen molar-refractivity contribution >= 4 is 11.8 Å². The van der Waals surface area contributed by atoms with Crippen LogP contribution in [0.3, 0.4) is 0 Å². The Labute approximate surface area is 155 Å². The Morgan fingerprint density at radius 1 is 1.12 bits per heavy atom. The van der Waals surface area contributed by atoms with Crippen LogP contribution in [0, 0.1) is 5.92 Å². The highest BCUT2D eigenvalue weighted by molar-refractivity contribution is 5.81. The van der Waals surface area contributed by atoms with Gasteiger partial charge in [-0.3, -0.25) is 9.59 Å². The molecule has 0 aromatic heterocycles. The van der Waals surface area contributed by atoms with Gasteiger partial charge in [0.1, 0.15) is 5.75 Å². The van der Waals surface area contributed by atoms with Crippen molar-refractivity contribution in [1.29, 1.82) is 0 Å². The van der Waals surface area contributed by atoms with Gasteiger partial charge in [-0.1, -0.05) is 12.1 Å². The molecule has 0 saturated carbocycles. The molecule has 0 N–H and O–H groups in total. The molecule has 2 aliphatic rings. The van der Waals surface area contributed by atoms with Crippen molar-refractivity contribution in [2.45, 2.75) is 25.7 Å². The molecule has 142 valence electrons. The lowest BCUT2D eigenvalue weighted by molar-refractivity contribution is -0.144. The summed E-state index contributed by atoms with van der Waals surface area (Å²) in [5.41, 5.74) is 1.12. The molecular weight excluding hydrogens is 332 g/mol. The number of benzene rings is 1. The number of hydrogen-bond acceptors (Lipinski definition) is 4. The van der Waals surface area contributed by atoms with Gasteiger partial charge in [0.15, 0.2) is 0 Å². The second kappa shape index (κ2) is 9.03. The molecule has 0 aliphatic carbocycles. The number of hydrogen-bond donors (Lipinski definition) is 0. The van der Waals surface area contributed by atoms with Crippen LogP contribution in [0.15, 0.2) is 24.3 Å². The minimum Gasteiger partial charge on any atom is -0.497 e. The second-order valence-corrected chi connectivity index (χ2v) is 6.96. The predicted octanol–water partition coefficient (Wildman–Crippen LogP) is 1.73. The van der Waals surface area contributed by atoms with Crippen molar-refractivity contribution in [2.75, 3.05) is 46.5 Å². The van der Waals surface area contributed by atoms with Gasteiger partial charge in [-0.2, -0.15) is 0 Å². The summed E-state index contributed by atoms with van der Waals surface area (Å²) in [6.45, 7) is 3.87. The van der Waals surface area contributed by atoms with Gasteiger partial charge in [-0.05, 0) is 37.0 Å². The maximum absolute atomic E-state index is 12.7. The summed E-state index contributed by atoms with van der Waals surface area (Å²) >= 11 is 0. The minimum atomic E-state index is -0.0632. The van der Waals surface area contributed by atoms with Gasteiger partial charge in [-0.15, -0.1) is 0 Å². The van der Waals surface area contributed by atoms with Crippen LogP contribution >= 0.6 is 0 Å². The fraction of sp³-hybridized carbons (Fsp3) is 0.600. The zero-order valence-electron chi connectivity index (χ0n) is 15.5. The lowest BCUT2D eigenvalue weighted by Gasteiger charge is -2.36. The summed E-state index contributed by atoms with van der Waals surface area (Å²) in [7, 11) is 1.64. The SMILES string of the molecule is COc1ccc(CCC(=O)N2CCCC(C(=O)N3CCOCC3)C2)cc1. The molecule has 2 heterocycles. The largest absolute Gasteiger partial charge is 0.497 e. The van der Waals surface area contributed by atoms with Crippen LogP contribution in [0.1, 0.15) is 24.8 Å². The lowest BCUT2D eigenvalue weighted by atomic mass is 9.95. The molecule has 2 amide bonds. The topological polar surface area (TPSA) is 59.1 Å². The zero-order chi connectivity index (χ0) is 18.4. The Balaban J connectivity index is 1.49. The highest BCUT2D eigenvalue weighted by atomic mass is 16.5. The van der Waals surface area contributed by atoms with Gasteiger partial charge >= 0.3 is 0 Å². The van der Waals surface area contributed by atoms with Crippen molar-refractivity contribution in [3.05, 3.63) is 29.8 Å². The standard InChI is InChI=1S/C20H28N2O4/c1-25-18-7-4-16(5-8-18)6-9-19(23)22-10-2-3-17(15-22)20(24)21-11-13-26-14-12-21/h4-5,7-8,17H,2-3,6,9-15H2,1H3. The van der Waals surface area contributed by atoms with Crippen LogP contribution in [-0.4, -0.2) is 68.1 Å². The van der Waals surface area contributed by atoms with E-state index in [1.807, 2.05) is 34.1 Å². The summed E-state index contributed by atoms with van der Waals surface area (Å²) < 4.78 is 10.5. The normalized spacial score (nSPS) is 20.7. The Morgan fingerprint density at radius 2 is 1.85 bits per heavy atom. The van der Waals surface area contributed by atoms with E-state index < -0.39 is 0 Å². The molecule has 26 heavy (non-hydrogen) atoms. The minimum absolute atomic E-state index is 0.0632. The summed E-state index contributed by atoms with van der Waals surface area (Å²) in [5.74, 6) is 1.08. The fourth-order valence-electron chi connectivity index (χ4n) is 3.65. The highest BCUT2D eigenvalue weighted by Crippen LogP contribution is 2.21. The maximum atomic E-state index is 12.7. The molecule has 3 rings (SSSR count). The predicted molar refractivity (Wildman–Crippen MR) is 98.0 cm³/mol. The molecule has 6 nitrogen and oxygen atoms in total. The molecule has 2 saturated heterocycles. The molecule has 1 aromatic carbocycles. The Kier molecular flexibility index (Phi) is 6.50. The Hall–Kier alpha value is -2.08. The first-order valence-corrected chi connectivity index (χ1v) is 9.44. The summed E-state index contributed by atoms with van der Waals surface area (Å²) in [6, 6.07) is 7.82. The van der Waals surface area contributed by atoms with Gasteiger partial charge < -0.3 is 19.3 Å². The van der Waals surface area contributed by atoms with Gasteiger partial charge in [0.2, 0.25) is 11.8 Å². The van der Waals surface area contributed by atoms with Crippen LogP contribution in [0.5, 0.6) is 5.75 Å². The van der Waals surface area contributed by atoms with Crippen LogP contribution in [0.4, 0.5) is 0 Å². The smallest absolute Gasteiger partial charge is 0.227 e. The van der Waals surface area contributed by atoms with E-state index >= 15 is 0 Å². The second-order valence-electron chi connectivity index (χ2n) is 6.96. The number of carbonyl (C=O) groups excluding carboxylic acids is 2. The summed E-state index contributed by atoms with van der Waals surface area (Å²) in [6.07, 6.45) is 2.96. The molecule has 2 aliphatic heterocycles. The number of aryl methyl sites for hydroxylation is 1. The van der Waals surface area contributed by atoms with E-state index in [0.29, 0.717) is 45.7 Å². The van der Waals surface area contributed by atoms with Gasteiger partial charge in [0.05, 0.1) is 26.2 Å². The third-order valence-corrected chi connectivity index (χ3v) is 5.23. The first-order valence-electron chi connectivity index (χ1n) is 9.44. The summed E-state index contributed by atoms with van der Waals surface area (Å²) in [5, 5.41) is 0. The van der Waals surface area contributed by atoms with Crippen molar-refractivity contribution in [3.63, 3.8) is 0 Å². The average molecular weight is 360 g/mol. The molecule has 0 bridgehead atoms. The van der Waals surface area contributed by atoms with Crippen LogP contribution in [0.25, 0.3) is 0 Å². The average Bonchev–Trinajstić information content (AvgIpc) is 2.72. The molecule has 1 aromatic rings. The van der Waals surface area contributed by atoms with E-state index in [1.165, 1.54) is 0 Å². The summed E-state index contributed by atoms with van der Waals surface area (Å²) in [4.78, 5) is 29.0. The zero-order valence-corrected chi connectivity index (χ0v) is 15.5. The van der Waals surface area contributed by atoms with Gasteiger partial charge in [-0.25, -0.2) is 0 Å². The lowest BCUT2D eigenvalue weighted by Crippen LogP contribution is -2.49. The molecular formula is C20H28N2O4. The van der Waals surface area contributed by atoms with Crippen molar-refractivity contribution < 1.29 is 19.1 Å². The highest BCUT2D eigenvalue weighted by Gasteiger charge is 2.31. The molecule has 6 heteroatoms. The Bertz CT molecular complexity index is 611. The Morgan fingerprint density at radius 3 is 2.54 bits per heavy atom. The van der Waals surface area contributed by atoms with Crippen molar-refractivity contribution in [1.82, 2.24) is 9.80 Å². The van der Waals surface area contributed by atoms with Crippen LogP contribution in [-0.2, 0) is 20.7 Å². The molecule has 1 unspecified atom stereocenters. The number of carbonyl (C=O) groups is 2. The van der Waals surface area contributed by atoms with E-state index in [2.05, 4.69) is 0 Å². The quantitative estimate of drug-likeness (QED) is 0.802. The van der Waals surface area contributed by atoms with Crippen LogP contribution < -0.4 is 4.74 Å². The number of likely N-dealkylation sites (tertiary alicyclic amines) is 1. The maximum Gasteiger partial charge on any atom is 0.227 e. The number of ether oxygens (including phenoxy) is 2. The number of amides is 2. The third kappa shape index (κ3) is 4.75. The first-order chi connectivity index (χ1) is 12.7. The van der Waals surface area contributed by atoms with Crippen molar-refractivity contribution in [2.24, 2.45) is 5.92 Å². The van der Waals surface area contributed by atoms with Gasteiger partial charge in [0.25, 0.3) is 0 Å². The molecule has 2 fully saturated rings. The first kappa shape index (κ1) is 18.7. The molecule has 0 radical (unpaired) electrons. The van der Waals surface area contributed by atoms with E-state index in [1.54, 1.807) is 7.11 Å². The monoisotopic (exact) mass is 360 g/mol. The number of nitrogens with zero attached hydrogens (tertiary/aromatic N) is 2. The van der Waals surface area contributed by atoms with E-state index in [0.717, 1.165) is 30.7 Å². The number of piperidine rings is 1. The fourth-order valence-corrected chi connectivity index (χ4v) is 3.65. The number of rotatable bonds is 5. The molecule has 0 spiro atoms. The van der Waals surface area contributed by atoms with Crippen molar-refractivity contribution in [3.8, 4) is 5.75 Å². The number of morpholine rings is 1. The third-order valence-electron chi connectivity index (χ3n) is 5.23. The van der Waals surface area contributed by atoms with Gasteiger partial charge in [0, 0.05) is 32.6 Å². The van der Waals surface area contributed by atoms with E-state index in [4.69, 9.17) is 9.47 Å². The van der Waals surface area contributed by atoms with E-state index in [-0.39, 0.29) is 17.7 Å². The number of methoxy groups -OCH3 is 1. The molecule has 1 atom stereocenters. The van der Waals surface area contributed by atoms with E-state index in [9.17, 15) is 9.59 Å². The van der Waals surface area contributed by atoms with Crippen LogP contribution in [0.2, 0.25) is 0 Å².